The Hall–Kier alpha value is -2.01. The fraction of sp³-hybridized carbons (Fsp3) is 0.250. The molecule has 1 atom stereocenters. The van der Waals surface area contributed by atoms with E-state index in [9.17, 15) is 13.2 Å². The third-order valence-corrected chi connectivity index (χ3v) is 3.22. The normalized spacial score (nSPS) is 13.0. The molecule has 21 heavy (non-hydrogen) atoms. The molecule has 0 aliphatic heterocycles. The van der Waals surface area contributed by atoms with Crippen LogP contribution in [-0.2, 0) is 0 Å². The molecule has 0 amide bonds. The molecule has 2 aromatic carbocycles. The highest BCUT2D eigenvalue weighted by Gasteiger charge is 2.31. The number of halogens is 3. The van der Waals surface area contributed by atoms with E-state index in [1.807, 2.05) is 38.2 Å². The van der Waals surface area contributed by atoms with Gasteiger partial charge >= 0.3 is 6.36 Å². The van der Waals surface area contributed by atoms with E-state index in [0.717, 1.165) is 11.1 Å². The monoisotopic (exact) mass is 295 g/mol. The number of hydrogen-bond acceptors (Lipinski definition) is 2. The fourth-order valence-corrected chi connectivity index (χ4v) is 2.03. The maximum Gasteiger partial charge on any atom is 0.573 e. The van der Waals surface area contributed by atoms with Gasteiger partial charge in [0.1, 0.15) is 5.75 Å². The predicted octanol–water partition coefficient (Wildman–Crippen LogP) is 4.53. The van der Waals surface area contributed by atoms with Gasteiger partial charge in [-0.1, -0.05) is 30.3 Å². The quantitative estimate of drug-likeness (QED) is 0.894. The highest BCUT2D eigenvalue weighted by Crippen LogP contribution is 2.29. The minimum atomic E-state index is -4.68. The van der Waals surface area contributed by atoms with Crippen molar-refractivity contribution in [3.63, 3.8) is 0 Å². The Labute approximate surface area is 121 Å². The molecule has 2 rings (SSSR count). The van der Waals surface area contributed by atoms with E-state index < -0.39 is 6.36 Å². The summed E-state index contributed by atoms with van der Waals surface area (Å²) in [5.74, 6) is -0.216. The Bertz CT molecular complexity index is 610. The Balaban J connectivity index is 2.32. The Kier molecular flexibility index (Phi) is 4.53. The fourth-order valence-electron chi connectivity index (χ4n) is 2.03. The van der Waals surface area contributed by atoms with Crippen molar-refractivity contribution in [3.8, 4) is 16.9 Å². The summed E-state index contributed by atoms with van der Waals surface area (Å²) >= 11 is 0. The lowest BCUT2D eigenvalue weighted by atomic mass is 10.00. The molecule has 0 heterocycles. The summed E-state index contributed by atoms with van der Waals surface area (Å²) in [6.07, 6.45) is -4.68. The van der Waals surface area contributed by atoms with Crippen LogP contribution in [0.1, 0.15) is 18.5 Å². The van der Waals surface area contributed by atoms with E-state index >= 15 is 0 Å². The topological polar surface area (TPSA) is 21.3 Å². The van der Waals surface area contributed by atoms with Crippen LogP contribution in [0.3, 0.4) is 0 Å². The summed E-state index contributed by atoms with van der Waals surface area (Å²) < 4.78 is 40.7. The lowest BCUT2D eigenvalue weighted by molar-refractivity contribution is -0.274. The minimum absolute atomic E-state index is 0.166. The lowest BCUT2D eigenvalue weighted by Crippen LogP contribution is -2.17. The molecule has 2 aromatic rings. The van der Waals surface area contributed by atoms with E-state index in [0.29, 0.717) is 5.56 Å². The van der Waals surface area contributed by atoms with Gasteiger partial charge in [-0.2, -0.15) is 0 Å². The number of benzene rings is 2. The first-order valence-corrected chi connectivity index (χ1v) is 6.52. The van der Waals surface area contributed by atoms with Crippen molar-refractivity contribution < 1.29 is 17.9 Å². The molecule has 5 heteroatoms. The lowest BCUT2D eigenvalue weighted by Gasteiger charge is -2.13. The van der Waals surface area contributed by atoms with Gasteiger partial charge in [0.15, 0.2) is 0 Å². The SMILES string of the molecule is CNC(C)c1cccc(-c2cccc(OC(F)(F)F)c2)c1. The Morgan fingerprint density at radius 1 is 1.00 bits per heavy atom. The van der Waals surface area contributed by atoms with Crippen LogP contribution in [0.15, 0.2) is 48.5 Å². The van der Waals surface area contributed by atoms with Crippen molar-refractivity contribution in [2.24, 2.45) is 0 Å². The molecule has 0 spiro atoms. The summed E-state index contributed by atoms with van der Waals surface area (Å²) in [6, 6.07) is 13.8. The van der Waals surface area contributed by atoms with Crippen molar-refractivity contribution in [3.05, 3.63) is 54.1 Å². The van der Waals surface area contributed by atoms with Crippen molar-refractivity contribution in [2.45, 2.75) is 19.3 Å². The highest BCUT2D eigenvalue weighted by molar-refractivity contribution is 5.66. The molecular formula is C16H16F3NO. The number of nitrogens with one attached hydrogen (secondary N) is 1. The zero-order valence-electron chi connectivity index (χ0n) is 11.7. The molecule has 0 radical (unpaired) electrons. The van der Waals surface area contributed by atoms with Crippen LogP contribution in [0.5, 0.6) is 5.75 Å². The third-order valence-electron chi connectivity index (χ3n) is 3.22. The van der Waals surface area contributed by atoms with Crippen molar-refractivity contribution in [1.82, 2.24) is 5.32 Å². The van der Waals surface area contributed by atoms with Crippen molar-refractivity contribution >= 4 is 0 Å². The zero-order chi connectivity index (χ0) is 15.5. The number of ether oxygens (including phenoxy) is 1. The molecule has 0 aliphatic rings. The molecule has 0 fully saturated rings. The van der Waals surface area contributed by atoms with Crippen molar-refractivity contribution in [1.29, 1.82) is 0 Å². The molecule has 0 saturated carbocycles. The van der Waals surface area contributed by atoms with Crippen LogP contribution in [0.25, 0.3) is 11.1 Å². The second kappa shape index (κ2) is 6.18. The molecule has 0 aliphatic carbocycles. The minimum Gasteiger partial charge on any atom is -0.406 e. The molecule has 0 saturated heterocycles. The average Bonchev–Trinajstić information content (AvgIpc) is 2.45. The van der Waals surface area contributed by atoms with E-state index in [1.165, 1.54) is 12.1 Å². The summed E-state index contributed by atoms with van der Waals surface area (Å²) in [5.41, 5.74) is 2.60. The zero-order valence-corrected chi connectivity index (χ0v) is 11.7. The smallest absolute Gasteiger partial charge is 0.406 e. The predicted molar refractivity (Wildman–Crippen MR) is 76.0 cm³/mol. The summed E-state index contributed by atoms with van der Waals surface area (Å²) in [5, 5.41) is 3.13. The van der Waals surface area contributed by atoms with Crippen molar-refractivity contribution in [2.75, 3.05) is 7.05 Å². The molecule has 1 unspecified atom stereocenters. The van der Waals surface area contributed by atoms with Gasteiger partial charge in [0.25, 0.3) is 0 Å². The second-order valence-electron chi connectivity index (χ2n) is 4.71. The Morgan fingerprint density at radius 3 is 2.24 bits per heavy atom. The number of alkyl halides is 3. The van der Waals surface area contributed by atoms with E-state index in [1.54, 1.807) is 12.1 Å². The van der Waals surface area contributed by atoms with Gasteiger partial charge in [-0.15, -0.1) is 13.2 Å². The summed E-state index contributed by atoms with van der Waals surface area (Å²) in [6.45, 7) is 2.02. The molecule has 0 aromatic heterocycles. The van der Waals surface area contributed by atoms with Gasteiger partial charge in [0.05, 0.1) is 0 Å². The van der Waals surface area contributed by atoms with Gasteiger partial charge < -0.3 is 10.1 Å². The van der Waals surface area contributed by atoms with Gasteiger partial charge in [-0.05, 0) is 48.9 Å². The van der Waals surface area contributed by atoms with Gasteiger partial charge in [0.2, 0.25) is 0 Å². The molecule has 2 nitrogen and oxygen atoms in total. The third kappa shape index (κ3) is 4.23. The van der Waals surface area contributed by atoms with Crippen LogP contribution < -0.4 is 10.1 Å². The van der Waals surface area contributed by atoms with E-state index in [-0.39, 0.29) is 11.8 Å². The number of rotatable bonds is 4. The van der Waals surface area contributed by atoms with Gasteiger partial charge in [-0.25, -0.2) is 0 Å². The van der Waals surface area contributed by atoms with Crippen LogP contribution in [-0.4, -0.2) is 13.4 Å². The van der Waals surface area contributed by atoms with Crippen LogP contribution in [0, 0.1) is 0 Å². The average molecular weight is 295 g/mol. The van der Waals surface area contributed by atoms with Crippen LogP contribution in [0.2, 0.25) is 0 Å². The molecular weight excluding hydrogens is 279 g/mol. The summed E-state index contributed by atoms with van der Waals surface area (Å²) in [4.78, 5) is 0. The molecule has 0 bridgehead atoms. The maximum absolute atomic E-state index is 12.3. The standard InChI is InChI=1S/C16H16F3NO/c1-11(20-2)12-5-3-6-13(9-12)14-7-4-8-15(10-14)21-16(17,18)19/h3-11,20H,1-2H3. The molecule has 1 N–H and O–H groups in total. The van der Waals surface area contributed by atoms with Gasteiger partial charge in [-0.3, -0.25) is 0 Å². The first kappa shape index (κ1) is 15.4. The first-order chi connectivity index (χ1) is 9.89. The van der Waals surface area contributed by atoms with E-state index in [4.69, 9.17) is 0 Å². The molecule has 112 valence electrons. The number of hydrogen-bond donors (Lipinski definition) is 1. The second-order valence-corrected chi connectivity index (χ2v) is 4.71. The van der Waals surface area contributed by atoms with Crippen LogP contribution >= 0.6 is 0 Å². The van der Waals surface area contributed by atoms with Gasteiger partial charge in [0, 0.05) is 6.04 Å². The largest absolute Gasteiger partial charge is 0.573 e. The maximum atomic E-state index is 12.3. The highest BCUT2D eigenvalue weighted by atomic mass is 19.4. The first-order valence-electron chi connectivity index (χ1n) is 6.52. The summed E-state index contributed by atoms with van der Waals surface area (Å²) in [7, 11) is 1.86. The Morgan fingerprint density at radius 2 is 1.62 bits per heavy atom. The van der Waals surface area contributed by atoms with E-state index in [2.05, 4.69) is 10.1 Å². The van der Waals surface area contributed by atoms with Crippen LogP contribution in [0.4, 0.5) is 13.2 Å².